The van der Waals surface area contributed by atoms with Crippen molar-refractivity contribution < 1.29 is 9.52 Å². The Balaban J connectivity index is 1.85. The molecule has 32 heavy (non-hydrogen) atoms. The van der Waals surface area contributed by atoms with E-state index in [0.29, 0.717) is 39.7 Å². The van der Waals surface area contributed by atoms with Crippen molar-refractivity contribution in [1.29, 1.82) is 0 Å². The molecule has 0 radical (unpaired) electrons. The van der Waals surface area contributed by atoms with Gasteiger partial charge in [0.25, 0.3) is 0 Å². The normalized spacial score (nSPS) is 11.3. The molecular formula is C22H19N7O3. The van der Waals surface area contributed by atoms with E-state index in [1.54, 1.807) is 6.07 Å². The number of oxazole rings is 1. The molecule has 4 heterocycles. The third-order valence-corrected chi connectivity index (χ3v) is 5.03. The van der Waals surface area contributed by atoms with Gasteiger partial charge in [0.1, 0.15) is 12.8 Å². The molecule has 1 aromatic carbocycles. The zero-order valence-corrected chi connectivity index (χ0v) is 17.1. The SMILES string of the molecule is Cc1cc(-c2c(-c3ccccc3)nc(N)n3c(=O)n(Cc4ncco4)nc23)cc(CO)n1. The second-order valence-corrected chi connectivity index (χ2v) is 7.23. The molecule has 0 fully saturated rings. The first-order chi connectivity index (χ1) is 15.5. The van der Waals surface area contributed by atoms with E-state index in [4.69, 9.17) is 10.2 Å². The minimum Gasteiger partial charge on any atom is -0.447 e. The van der Waals surface area contributed by atoms with Crippen LogP contribution in [0.4, 0.5) is 5.95 Å². The highest BCUT2D eigenvalue weighted by molar-refractivity contribution is 5.90. The number of hydrogen-bond acceptors (Lipinski definition) is 8. The van der Waals surface area contributed by atoms with Gasteiger partial charge in [0.2, 0.25) is 11.8 Å². The van der Waals surface area contributed by atoms with Gasteiger partial charge in [-0.2, -0.15) is 0 Å². The van der Waals surface area contributed by atoms with E-state index in [1.165, 1.54) is 21.5 Å². The van der Waals surface area contributed by atoms with Crippen molar-refractivity contribution in [3.8, 4) is 22.4 Å². The monoisotopic (exact) mass is 429 g/mol. The van der Waals surface area contributed by atoms with E-state index in [1.807, 2.05) is 43.3 Å². The number of aryl methyl sites for hydroxylation is 1. The van der Waals surface area contributed by atoms with Crippen LogP contribution in [0.3, 0.4) is 0 Å². The highest BCUT2D eigenvalue weighted by Crippen LogP contribution is 2.34. The first-order valence-electron chi connectivity index (χ1n) is 9.87. The van der Waals surface area contributed by atoms with Crippen molar-refractivity contribution in [2.75, 3.05) is 5.73 Å². The van der Waals surface area contributed by atoms with E-state index < -0.39 is 5.69 Å². The largest absolute Gasteiger partial charge is 0.447 e. The van der Waals surface area contributed by atoms with Crippen molar-refractivity contribution in [2.24, 2.45) is 0 Å². The zero-order chi connectivity index (χ0) is 22.2. The van der Waals surface area contributed by atoms with Crippen LogP contribution in [0.25, 0.3) is 28.0 Å². The Kier molecular flexibility index (Phi) is 4.75. The number of aliphatic hydroxyl groups excluding tert-OH is 1. The number of aromatic nitrogens is 6. The summed E-state index contributed by atoms with van der Waals surface area (Å²) in [4.78, 5) is 26.1. The summed E-state index contributed by atoms with van der Waals surface area (Å²) in [5, 5.41) is 14.2. The first-order valence-corrected chi connectivity index (χ1v) is 9.87. The molecule has 0 aliphatic rings. The number of hydrogen-bond donors (Lipinski definition) is 2. The predicted octanol–water partition coefficient (Wildman–Crippen LogP) is 2.04. The lowest BCUT2D eigenvalue weighted by Crippen LogP contribution is -2.23. The summed E-state index contributed by atoms with van der Waals surface area (Å²) >= 11 is 0. The topological polar surface area (TPSA) is 137 Å². The molecule has 10 nitrogen and oxygen atoms in total. The second-order valence-electron chi connectivity index (χ2n) is 7.23. The van der Waals surface area contributed by atoms with Crippen molar-refractivity contribution in [3.05, 3.63) is 82.7 Å². The van der Waals surface area contributed by atoms with Crippen LogP contribution in [0.1, 0.15) is 17.3 Å². The number of anilines is 1. The van der Waals surface area contributed by atoms with Gasteiger partial charge in [-0.15, -0.1) is 5.10 Å². The average molecular weight is 429 g/mol. The zero-order valence-electron chi connectivity index (χ0n) is 17.1. The smallest absolute Gasteiger partial charge is 0.353 e. The van der Waals surface area contributed by atoms with Crippen molar-refractivity contribution >= 4 is 11.6 Å². The quantitative estimate of drug-likeness (QED) is 0.433. The van der Waals surface area contributed by atoms with Crippen LogP contribution in [-0.4, -0.2) is 34.2 Å². The molecule has 10 heteroatoms. The molecule has 5 aromatic rings. The van der Waals surface area contributed by atoms with Crippen molar-refractivity contribution in [1.82, 2.24) is 29.1 Å². The molecule has 0 spiro atoms. The van der Waals surface area contributed by atoms with E-state index in [2.05, 4.69) is 20.1 Å². The molecule has 0 saturated heterocycles. The summed E-state index contributed by atoms with van der Waals surface area (Å²) in [5.74, 6) is 0.355. The fraction of sp³-hybridized carbons (Fsp3) is 0.136. The third kappa shape index (κ3) is 3.32. The summed E-state index contributed by atoms with van der Waals surface area (Å²) in [5.41, 5.74) is 10.0. The molecule has 3 N–H and O–H groups in total. The third-order valence-electron chi connectivity index (χ3n) is 5.03. The van der Waals surface area contributed by atoms with E-state index >= 15 is 0 Å². The lowest BCUT2D eigenvalue weighted by atomic mass is 9.99. The number of rotatable bonds is 5. The Morgan fingerprint density at radius 3 is 2.66 bits per heavy atom. The molecule has 0 aliphatic carbocycles. The summed E-state index contributed by atoms with van der Waals surface area (Å²) in [6.07, 6.45) is 2.93. The van der Waals surface area contributed by atoms with Gasteiger partial charge >= 0.3 is 5.69 Å². The Morgan fingerprint density at radius 2 is 1.94 bits per heavy atom. The summed E-state index contributed by atoms with van der Waals surface area (Å²) in [7, 11) is 0. The maximum Gasteiger partial charge on any atom is 0.353 e. The average Bonchev–Trinajstić information content (AvgIpc) is 3.42. The standard InChI is InChI=1S/C22H19N7O3/c1-13-9-15(10-16(12-30)25-13)18-19(14-5-3-2-4-6-14)26-21(23)29-20(18)27-28(22(29)31)11-17-24-7-8-32-17/h2-10,30H,11-12H2,1H3,(H2,23,26). The Labute approximate surface area is 181 Å². The molecular weight excluding hydrogens is 410 g/mol. The van der Waals surface area contributed by atoms with Crippen LogP contribution in [0.15, 0.2) is 64.1 Å². The lowest BCUT2D eigenvalue weighted by Gasteiger charge is -2.13. The van der Waals surface area contributed by atoms with Crippen LogP contribution >= 0.6 is 0 Å². The first kappa shape index (κ1) is 19.6. The highest BCUT2D eigenvalue weighted by Gasteiger charge is 2.22. The van der Waals surface area contributed by atoms with Gasteiger partial charge in [-0.3, -0.25) is 4.98 Å². The molecule has 160 valence electrons. The molecule has 0 aliphatic heterocycles. The Hall–Kier alpha value is -4.31. The van der Waals surface area contributed by atoms with Crippen molar-refractivity contribution in [2.45, 2.75) is 20.1 Å². The summed E-state index contributed by atoms with van der Waals surface area (Å²) < 4.78 is 7.77. The molecule has 0 unspecified atom stereocenters. The molecule has 5 rings (SSSR count). The number of benzene rings is 1. The highest BCUT2D eigenvalue weighted by atomic mass is 16.3. The minimum atomic E-state index is -0.461. The van der Waals surface area contributed by atoms with E-state index in [0.717, 1.165) is 5.56 Å². The molecule has 0 bridgehead atoms. The number of fused-ring (bicyclic) bond motifs is 1. The van der Waals surface area contributed by atoms with Crippen molar-refractivity contribution in [3.63, 3.8) is 0 Å². The van der Waals surface area contributed by atoms with Crippen LogP contribution in [0.5, 0.6) is 0 Å². The Bertz CT molecular complexity index is 1470. The predicted molar refractivity (Wildman–Crippen MR) is 117 cm³/mol. The molecule has 0 atom stereocenters. The minimum absolute atomic E-state index is 0.0133. The van der Waals surface area contributed by atoms with Gasteiger partial charge in [0.05, 0.1) is 29.8 Å². The van der Waals surface area contributed by atoms with Crippen LogP contribution < -0.4 is 11.4 Å². The van der Waals surface area contributed by atoms with Gasteiger partial charge < -0.3 is 15.3 Å². The van der Waals surface area contributed by atoms with E-state index in [-0.39, 0.29) is 19.1 Å². The van der Waals surface area contributed by atoms with Crippen LogP contribution in [-0.2, 0) is 13.2 Å². The summed E-state index contributed by atoms with van der Waals surface area (Å²) in [6.45, 7) is 1.66. The number of pyridine rings is 1. The van der Waals surface area contributed by atoms with Gasteiger partial charge in [-0.1, -0.05) is 30.3 Å². The maximum absolute atomic E-state index is 13.1. The summed E-state index contributed by atoms with van der Waals surface area (Å²) in [6, 6.07) is 13.1. The molecule has 4 aromatic heterocycles. The fourth-order valence-corrected chi connectivity index (χ4v) is 3.70. The molecule has 0 saturated carbocycles. The van der Waals surface area contributed by atoms with Crippen LogP contribution in [0.2, 0.25) is 0 Å². The lowest BCUT2D eigenvalue weighted by molar-refractivity contribution is 0.276. The van der Waals surface area contributed by atoms with Gasteiger partial charge in [0.15, 0.2) is 5.65 Å². The fourth-order valence-electron chi connectivity index (χ4n) is 3.70. The maximum atomic E-state index is 13.1. The number of nitrogens with two attached hydrogens (primary N) is 1. The Morgan fingerprint density at radius 1 is 1.12 bits per heavy atom. The molecule has 0 amide bonds. The van der Waals surface area contributed by atoms with Crippen LogP contribution in [0, 0.1) is 6.92 Å². The van der Waals surface area contributed by atoms with Gasteiger partial charge in [-0.25, -0.2) is 23.8 Å². The van der Waals surface area contributed by atoms with Gasteiger partial charge in [0, 0.05) is 11.3 Å². The number of nitrogen functional groups attached to an aromatic ring is 1. The number of aliphatic hydroxyl groups is 1. The second kappa shape index (κ2) is 7.75. The number of nitrogens with zero attached hydrogens (tertiary/aromatic N) is 6. The van der Waals surface area contributed by atoms with E-state index in [9.17, 15) is 9.90 Å². The van der Waals surface area contributed by atoms with Gasteiger partial charge in [-0.05, 0) is 24.6 Å².